The Bertz CT molecular complexity index is 692. The molecule has 2 aromatic rings. The van der Waals surface area contributed by atoms with Gasteiger partial charge < -0.3 is 20.5 Å². The third kappa shape index (κ3) is 5.76. The quantitative estimate of drug-likeness (QED) is 0.705. The van der Waals surface area contributed by atoms with Gasteiger partial charge in [0.15, 0.2) is 11.6 Å². The van der Waals surface area contributed by atoms with Gasteiger partial charge in [0.05, 0.1) is 12.6 Å². The molecular weight excluding hydrogens is 323 g/mol. The normalized spacial score (nSPS) is 11.9. The second-order valence-electron chi connectivity index (χ2n) is 6.14. The monoisotopic (exact) mass is 346 g/mol. The Morgan fingerprint density at radius 3 is 2.52 bits per heavy atom. The van der Waals surface area contributed by atoms with Crippen LogP contribution in [0.15, 0.2) is 48.5 Å². The molecule has 25 heavy (non-hydrogen) atoms. The van der Waals surface area contributed by atoms with E-state index in [1.165, 1.54) is 12.1 Å². The van der Waals surface area contributed by atoms with Gasteiger partial charge in [-0.3, -0.25) is 0 Å². The van der Waals surface area contributed by atoms with Gasteiger partial charge >= 0.3 is 6.03 Å². The second kappa shape index (κ2) is 9.03. The van der Waals surface area contributed by atoms with Gasteiger partial charge in [-0.15, -0.1) is 0 Å². The van der Waals surface area contributed by atoms with Crippen LogP contribution in [-0.4, -0.2) is 23.8 Å². The SMILES string of the molecule is CC(C)CC(CO)NC(=O)Nc1c(F)cccc1Oc1ccccc1. The summed E-state index contributed by atoms with van der Waals surface area (Å²) in [5.41, 5.74) is -0.0508. The van der Waals surface area contributed by atoms with E-state index in [2.05, 4.69) is 10.6 Å². The molecule has 0 saturated carbocycles. The molecule has 0 aliphatic heterocycles. The van der Waals surface area contributed by atoms with Crippen LogP contribution in [-0.2, 0) is 0 Å². The number of halogens is 1. The fourth-order valence-electron chi connectivity index (χ4n) is 2.41. The van der Waals surface area contributed by atoms with Crippen LogP contribution in [0.1, 0.15) is 20.3 Å². The molecule has 0 aliphatic carbocycles. The van der Waals surface area contributed by atoms with Gasteiger partial charge in [0.2, 0.25) is 0 Å². The van der Waals surface area contributed by atoms with E-state index in [0.29, 0.717) is 18.1 Å². The minimum Gasteiger partial charge on any atom is -0.455 e. The minimum atomic E-state index is -0.604. The van der Waals surface area contributed by atoms with Crippen LogP contribution in [0.25, 0.3) is 0 Å². The van der Waals surface area contributed by atoms with Crippen molar-refractivity contribution in [3.8, 4) is 11.5 Å². The second-order valence-corrected chi connectivity index (χ2v) is 6.14. The van der Waals surface area contributed by atoms with Gasteiger partial charge in [0, 0.05) is 0 Å². The molecule has 0 aromatic heterocycles. The topological polar surface area (TPSA) is 70.6 Å². The van der Waals surface area contributed by atoms with E-state index < -0.39 is 17.9 Å². The summed E-state index contributed by atoms with van der Waals surface area (Å²) in [7, 11) is 0. The number of benzene rings is 2. The van der Waals surface area contributed by atoms with Crippen molar-refractivity contribution in [1.29, 1.82) is 0 Å². The average Bonchev–Trinajstić information content (AvgIpc) is 2.58. The first-order chi connectivity index (χ1) is 12.0. The third-order valence-corrected chi connectivity index (χ3v) is 3.50. The molecule has 1 unspecified atom stereocenters. The molecule has 1 atom stereocenters. The number of hydrogen-bond donors (Lipinski definition) is 3. The molecule has 2 amide bonds. The lowest BCUT2D eigenvalue weighted by molar-refractivity contribution is 0.214. The first-order valence-electron chi connectivity index (χ1n) is 8.19. The predicted molar refractivity (Wildman–Crippen MR) is 95.4 cm³/mol. The number of carbonyl (C=O) groups is 1. The molecule has 0 saturated heterocycles. The van der Waals surface area contributed by atoms with Crippen molar-refractivity contribution >= 4 is 11.7 Å². The number of hydrogen-bond acceptors (Lipinski definition) is 3. The van der Waals surface area contributed by atoms with E-state index >= 15 is 0 Å². The molecule has 0 bridgehead atoms. The summed E-state index contributed by atoms with van der Waals surface area (Å²) in [6.45, 7) is 3.80. The van der Waals surface area contributed by atoms with Crippen molar-refractivity contribution < 1.29 is 19.0 Å². The first kappa shape index (κ1) is 18.7. The predicted octanol–water partition coefficient (Wildman–Crippen LogP) is 4.15. The molecule has 2 aromatic carbocycles. The number of aliphatic hydroxyl groups is 1. The number of urea groups is 1. The Kier molecular flexibility index (Phi) is 6.77. The van der Waals surface area contributed by atoms with E-state index in [1.54, 1.807) is 30.3 Å². The third-order valence-electron chi connectivity index (χ3n) is 3.50. The Morgan fingerprint density at radius 2 is 1.88 bits per heavy atom. The molecule has 0 fully saturated rings. The summed E-state index contributed by atoms with van der Waals surface area (Å²) in [6, 6.07) is 12.2. The van der Waals surface area contributed by atoms with E-state index in [1.807, 2.05) is 19.9 Å². The average molecular weight is 346 g/mol. The van der Waals surface area contributed by atoms with Crippen LogP contribution in [0.5, 0.6) is 11.5 Å². The molecule has 134 valence electrons. The van der Waals surface area contributed by atoms with Gasteiger partial charge in [0.1, 0.15) is 11.4 Å². The molecule has 2 rings (SSSR count). The smallest absolute Gasteiger partial charge is 0.319 e. The zero-order valence-electron chi connectivity index (χ0n) is 14.3. The summed E-state index contributed by atoms with van der Waals surface area (Å²) in [5, 5.41) is 14.5. The Labute approximate surface area is 146 Å². The standard InChI is InChI=1S/C19H23FN2O3/c1-13(2)11-14(12-23)21-19(24)22-18-16(20)9-6-10-17(18)25-15-7-4-3-5-8-15/h3-10,13-14,23H,11-12H2,1-2H3,(H2,21,22,24). The van der Waals surface area contributed by atoms with Crippen LogP contribution in [0.2, 0.25) is 0 Å². The van der Waals surface area contributed by atoms with Crippen LogP contribution in [0, 0.1) is 11.7 Å². The molecule has 5 nitrogen and oxygen atoms in total. The molecule has 3 N–H and O–H groups in total. The molecule has 0 radical (unpaired) electrons. The maximum atomic E-state index is 14.2. The highest BCUT2D eigenvalue weighted by atomic mass is 19.1. The van der Waals surface area contributed by atoms with Crippen molar-refractivity contribution in [1.82, 2.24) is 5.32 Å². The fraction of sp³-hybridized carbons (Fsp3) is 0.316. The van der Waals surface area contributed by atoms with Crippen LogP contribution in [0.4, 0.5) is 14.9 Å². The number of aliphatic hydroxyl groups excluding tert-OH is 1. The van der Waals surface area contributed by atoms with E-state index in [4.69, 9.17) is 4.74 Å². The number of anilines is 1. The lowest BCUT2D eigenvalue weighted by atomic mass is 10.0. The Balaban J connectivity index is 2.11. The number of amides is 2. The number of nitrogens with one attached hydrogen (secondary N) is 2. The van der Waals surface area contributed by atoms with Gasteiger partial charge in [-0.05, 0) is 36.6 Å². The molecule has 0 aliphatic rings. The fourth-order valence-corrected chi connectivity index (χ4v) is 2.41. The van der Waals surface area contributed by atoms with Crippen molar-refractivity contribution in [2.45, 2.75) is 26.3 Å². The highest BCUT2D eigenvalue weighted by Crippen LogP contribution is 2.31. The maximum absolute atomic E-state index is 14.2. The summed E-state index contributed by atoms with van der Waals surface area (Å²) in [6.07, 6.45) is 0.620. The largest absolute Gasteiger partial charge is 0.455 e. The Hall–Kier alpha value is -2.60. The zero-order chi connectivity index (χ0) is 18.2. The van der Waals surface area contributed by atoms with Gasteiger partial charge in [-0.1, -0.05) is 38.1 Å². The summed E-state index contributed by atoms with van der Waals surface area (Å²) in [5.74, 6) is 0.436. The van der Waals surface area contributed by atoms with Gasteiger partial charge in [-0.2, -0.15) is 0 Å². The summed E-state index contributed by atoms with van der Waals surface area (Å²) >= 11 is 0. The highest BCUT2D eigenvalue weighted by molar-refractivity contribution is 5.91. The van der Waals surface area contributed by atoms with Crippen molar-refractivity contribution in [3.63, 3.8) is 0 Å². The number of para-hydroxylation sites is 2. The minimum absolute atomic E-state index is 0.0508. The van der Waals surface area contributed by atoms with Crippen molar-refractivity contribution in [3.05, 3.63) is 54.3 Å². The lowest BCUT2D eigenvalue weighted by Crippen LogP contribution is -2.41. The highest BCUT2D eigenvalue weighted by Gasteiger charge is 2.17. The summed E-state index contributed by atoms with van der Waals surface area (Å²) < 4.78 is 19.8. The van der Waals surface area contributed by atoms with E-state index in [-0.39, 0.29) is 18.0 Å². The first-order valence-corrected chi connectivity index (χ1v) is 8.19. The van der Waals surface area contributed by atoms with Crippen molar-refractivity contribution in [2.24, 2.45) is 5.92 Å². The number of rotatable bonds is 7. The number of ether oxygens (including phenoxy) is 1. The van der Waals surface area contributed by atoms with Crippen LogP contribution in [0.3, 0.4) is 0 Å². The zero-order valence-corrected chi connectivity index (χ0v) is 14.3. The van der Waals surface area contributed by atoms with E-state index in [9.17, 15) is 14.3 Å². The molecule has 0 heterocycles. The molecule has 6 heteroatoms. The Morgan fingerprint density at radius 1 is 1.16 bits per heavy atom. The van der Waals surface area contributed by atoms with Gasteiger partial charge in [0.25, 0.3) is 0 Å². The molecular formula is C19H23FN2O3. The van der Waals surface area contributed by atoms with E-state index in [0.717, 1.165) is 0 Å². The summed E-state index contributed by atoms with van der Waals surface area (Å²) in [4.78, 5) is 12.2. The van der Waals surface area contributed by atoms with Crippen LogP contribution < -0.4 is 15.4 Å². The van der Waals surface area contributed by atoms with Gasteiger partial charge in [-0.25, -0.2) is 9.18 Å². The lowest BCUT2D eigenvalue weighted by Gasteiger charge is -2.19. The van der Waals surface area contributed by atoms with Crippen molar-refractivity contribution in [2.75, 3.05) is 11.9 Å². The number of carbonyl (C=O) groups excluding carboxylic acids is 1. The van der Waals surface area contributed by atoms with Crippen LogP contribution >= 0.6 is 0 Å². The molecule has 0 spiro atoms. The maximum Gasteiger partial charge on any atom is 0.319 e.